The highest BCUT2D eigenvalue weighted by Gasteiger charge is 2.12. The molecule has 0 aliphatic rings. The van der Waals surface area contributed by atoms with Crippen molar-refractivity contribution in [3.05, 3.63) is 53.2 Å². The van der Waals surface area contributed by atoms with Crippen molar-refractivity contribution in [1.82, 2.24) is 4.98 Å². The van der Waals surface area contributed by atoms with Gasteiger partial charge >= 0.3 is 5.97 Å². The van der Waals surface area contributed by atoms with Crippen LogP contribution in [-0.2, 0) is 6.54 Å². The first-order valence-corrected chi connectivity index (χ1v) is 6.24. The summed E-state index contributed by atoms with van der Waals surface area (Å²) in [4.78, 5) is 16.9. The van der Waals surface area contributed by atoms with Crippen molar-refractivity contribution < 1.29 is 9.90 Å². The van der Waals surface area contributed by atoms with Gasteiger partial charge in [0.25, 0.3) is 0 Å². The number of carboxylic acid groups (broad SMARTS) is 1. The Balaban J connectivity index is 2.26. The molecule has 104 valence electrons. The van der Waals surface area contributed by atoms with E-state index in [9.17, 15) is 4.79 Å². The Bertz CT molecular complexity index is 641. The summed E-state index contributed by atoms with van der Waals surface area (Å²) < 4.78 is 0. The number of hydrogen-bond donors (Lipinski definition) is 2. The van der Waals surface area contributed by atoms with Crippen LogP contribution in [0.5, 0.6) is 0 Å². The Morgan fingerprint density at radius 3 is 2.75 bits per heavy atom. The minimum Gasteiger partial charge on any atom is -0.477 e. The second-order valence-electron chi connectivity index (χ2n) is 4.76. The Kier molecular flexibility index (Phi) is 3.89. The molecule has 5 heteroatoms. The van der Waals surface area contributed by atoms with Gasteiger partial charge in [0.15, 0.2) is 11.5 Å². The van der Waals surface area contributed by atoms with Gasteiger partial charge in [-0.1, -0.05) is 29.8 Å². The fraction of sp³-hybridized carbons (Fsp3) is 0.200. The minimum atomic E-state index is -1.06. The van der Waals surface area contributed by atoms with E-state index >= 15 is 0 Å². The highest BCUT2D eigenvalue weighted by Crippen LogP contribution is 2.21. The normalized spacial score (nSPS) is 10.3. The molecule has 3 N–H and O–H groups in total. The summed E-state index contributed by atoms with van der Waals surface area (Å²) in [5, 5.41) is 8.99. The zero-order chi connectivity index (χ0) is 14.7. The van der Waals surface area contributed by atoms with E-state index in [0.29, 0.717) is 18.1 Å². The zero-order valence-corrected chi connectivity index (χ0v) is 11.5. The number of anilines is 2. The number of nitrogens with two attached hydrogens (primary N) is 1. The van der Waals surface area contributed by atoms with Gasteiger partial charge in [-0.05, 0) is 24.6 Å². The summed E-state index contributed by atoms with van der Waals surface area (Å²) in [6.45, 7) is 2.64. The van der Waals surface area contributed by atoms with Gasteiger partial charge in [0.2, 0.25) is 0 Å². The van der Waals surface area contributed by atoms with E-state index in [1.807, 2.05) is 37.1 Å². The third-order valence-corrected chi connectivity index (χ3v) is 2.99. The van der Waals surface area contributed by atoms with Gasteiger partial charge in [0.1, 0.15) is 0 Å². The number of nitrogen functional groups attached to an aromatic ring is 1. The van der Waals surface area contributed by atoms with Crippen LogP contribution in [0.25, 0.3) is 0 Å². The van der Waals surface area contributed by atoms with E-state index < -0.39 is 5.97 Å². The van der Waals surface area contributed by atoms with E-state index in [1.54, 1.807) is 6.07 Å². The maximum absolute atomic E-state index is 11.0. The predicted molar refractivity (Wildman–Crippen MR) is 78.9 cm³/mol. The van der Waals surface area contributed by atoms with Crippen molar-refractivity contribution in [2.24, 2.45) is 0 Å². The number of hydrogen-bond acceptors (Lipinski definition) is 4. The second kappa shape index (κ2) is 5.61. The molecule has 2 rings (SSSR count). The Labute approximate surface area is 117 Å². The van der Waals surface area contributed by atoms with Gasteiger partial charge in [0.05, 0.1) is 5.69 Å². The molecule has 0 saturated carbocycles. The fourth-order valence-electron chi connectivity index (χ4n) is 2.04. The molecule has 0 atom stereocenters. The molecule has 0 bridgehead atoms. The van der Waals surface area contributed by atoms with Crippen LogP contribution in [0.2, 0.25) is 0 Å². The number of nitrogens with zero attached hydrogens (tertiary/aromatic N) is 2. The lowest BCUT2D eigenvalue weighted by Gasteiger charge is -2.20. The van der Waals surface area contributed by atoms with E-state index in [4.69, 9.17) is 10.8 Å². The maximum Gasteiger partial charge on any atom is 0.354 e. The number of rotatable bonds is 4. The van der Waals surface area contributed by atoms with E-state index in [2.05, 4.69) is 11.1 Å². The Morgan fingerprint density at radius 2 is 2.10 bits per heavy atom. The molecule has 1 aromatic heterocycles. The molecule has 0 aliphatic carbocycles. The van der Waals surface area contributed by atoms with Gasteiger partial charge in [-0.15, -0.1) is 0 Å². The highest BCUT2D eigenvalue weighted by atomic mass is 16.4. The van der Waals surface area contributed by atoms with Gasteiger partial charge in [-0.3, -0.25) is 0 Å². The first-order chi connectivity index (χ1) is 9.47. The smallest absolute Gasteiger partial charge is 0.354 e. The summed E-state index contributed by atoms with van der Waals surface area (Å²) in [5.41, 5.74) is 8.63. The Morgan fingerprint density at radius 1 is 1.35 bits per heavy atom. The maximum atomic E-state index is 11.0. The van der Waals surface area contributed by atoms with E-state index in [1.165, 1.54) is 11.6 Å². The molecule has 0 radical (unpaired) electrons. The van der Waals surface area contributed by atoms with Gasteiger partial charge in [-0.25, -0.2) is 9.78 Å². The molecule has 0 aliphatic heterocycles. The number of aryl methyl sites for hydroxylation is 1. The molecule has 0 spiro atoms. The van der Waals surface area contributed by atoms with Crippen LogP contribution in [-0.4, -0.2) is 23.1 Å². The monoisotopic (exact) mass is 271 g/mol. The van der Waals surface area contributed by atoms with Crippen molar-refractivity contribution in [3.63, 3.8) is 0 Å². The number of benzene rings is 1. The molecule has 2 aromatic rings. The first kappa shape index (κ1) is 13.9. The van der Waals surface area contributed by atoms with Crippen LogP contribution >= 0.6 is 0 Å². The van der Waals surface area contributed by atoms with Crippen LogP contribution in [0.1, 0.15) is 21.6 Å². The molecule has 20 heavy (non-hydrogen) atoms. The molecule has 0 fully saturated rings. The molecule has 1 heterocycles. The van der Waals surface area contributed by atoms with E-state index in [0.717, 1.165) is 5.56 Å². The van der Waals surface area contributed by atoms with Gasteiger partial charge in [-0.2, -0.15) is 0 Å². The SMILES string of the molecule is Cc1cccc(CN(C)c2nc(C(=O)O)ccc2N)c1. The summed E-state index contributed by atoms with van der Waals surface area (Å²) in [7, 11) is 1.84. The minimum absolute atomic E-state index is 0.00899. The quantitative estimate of drug-likeness (QED) is 0.892. The van der Waals surface area contributed by atoms with Crippen LogP contribution in [0.15, 0.2) is 36.4 Å². The van der Waals surface area contributed by atoms with Crippen molar-refractivity contribution in [1.29, 1.82) is 0 Å². The van der Waals surface area contributed by atoms with Crippen LogP contribution in [0.4, 0.5) is 11.5 Å². The standard InChI is InChI=1S/C15H17N3O2/c1-10-4-3-5-11(8-10)9-18(2)14-12(16)6-7-13(17-14)15(19)20/h3-8H,9,16H2,1-2H3,(H,19,20). The summed E-state index contributed by atoms with van der Waals surface area (Å²) >= 11 is 0. The third-order valence-electron chi connectivity index (χ3n) is 2.99. The molecule has 0 saturated heterocycles. The molecule has 0 amide bonds. The van der Waals surface area contributed by atoms with Crippen molar-refractivity contribution in [2.75, 3.05) is 17.7 Å². The van der Waals surface area contributed by atoms with Crippen molar-refractivity contribution in [3.8, 4) is 0 Å². The molecular formula is C15H17N3O2. The molecular weight excluding hydrogens is 254 g/mol. The number of carbonyl (C=O) groups is 1. The summed E-state index contributed by atoms with van der Waals surface area (Å²) in [5.74, 6) is -0.582. The fourth-order valence-corrected chi connectivity index (χ4v) is 2.04. The Hall–Kier alpha value is -2.56. The van der Waals surface area contributed by atoms with Crippen molar-refractivity contribution >= 4 is 17.5 Å². The first-order valence-electron chi connectivity index (χ1n) is 6.24. The van der Waals surface area contributed by atoms with Crippen LogP contribution in [0.3, 0.4) is 0 Å². The molecule has 5 nitrogen and oxygen atoms in total. The van der Waals surface area contributed by atoms with Crippen LogP contribution < -0.4 is 10.6 Å². The topological polar surface area (TPSA) is 79.5 Å². The predicted octanol–water partition coefficient (Wildman–Crippen LogP) is 2.31. The molecule has 1 aromatic carbocycles. The lowest BCUT2D eigenvalue weighted by molar-refractivity contribution is 0.0690. The van der Waals surface area contributed by atoms with Gasteiger partial charge in [0, 0.05) is 13.6 Å². The lowest BCUT2D eigenvalue weighted by Crippen LogP contribution is -2.20. The lowest BCUT2D eigenvalue weighted by atomic mass is 10.1. The third kappa shape index (κ3) is 3.06. The average molecular weight is 271 g/mol. The number of pyridine rings is 1. The highest BCUT2D eigenvalue weighted by molar-refractivity contribution is 5.86. The largest absolute Gasteiger partial charge is 0.477 e. The number of aromatic nitrogens is 1. The van der Waals surface area contributed by atoms with Crippen LogP contribution in [0, 0.1) is 6.92 Å². The molecule has 0 unspecified atom stereocenters. The second-order valence-corrected chi connectivity index (χ2v) is 4.76. The van der Waals surface area contributed by atoms with Crippen molar-refractivity contribution in [2.45, 2.75) is 13.5 Å². The van der Waals surface area contributed by atoms with E-state index in [-0.39, 0.29) is 5.69 Å². The van der Waals surface area contributed by atoms with Gasteiger partial charge < -0.3 is 15.7 Å². The number of carboxylic acids is 1. The summed E-state index contributed by atoms with van der Waals surface area (Å²) in [6, 6.07) is 11.1. The average Bonchev–Trinajstić information content (AvgIpc) is 2.38. The zero-order valence-electron chi connectivity index (χ0n) is 11.5. The number of aromatic carboxylic acids is 1. The summed E-state index contributed by atoms with van der Waals surface area (Å²) in [6.07, 6.45) is 0.